The van der Waals surface area contributed by atoms with Crippen LogP contribution in [0.25, 0.3) is 11.4 Å². The Labute approximate surface area is 86.6 Å². The lowest BCUT2D eigenvalue weighted by atomic mass is 10.2. The fourth-order valence-corrected chi connectivity index (χ4v) is 1.21. The van der Waals surface area contributed by atoms with Crippen LogP contribution < -0.4 is 5.73 Å². The van der Waals surface area contributed by atoms with Gasteiger partial charge in [0.1, 0.15) is 17.9 Å². The number of hydrogen-bond acceptors (Lipinski definition) is 5. The van der Waals surface area contributed by atoms with Gasteiger partial charge in [0, 0.05) is 6.07 Å². The molecule has 0 spiro atoms. The third kappa shape index (κ3) is 1.85. The first kappa shape index (κ1) is 9.39. The van der Waals surface area contributed by atoms with Gasteiger partial charge in [-0.05, 0) is 19.1 Å². The third-order valence-electron chi connectivity index (χ3n) is 2.01. The number of nitrogens with zero attached hydrogens (tertiary/aromatic N) is 3. The van der Waals surface area contributed by atoms with Crippen LogP contribution >= 0.6 is 0 Å². The molecule has 2 aromatic heterocycles. The number of anilines is 1. The van der Waals surface area contributed by atoms with Crippen molar-refractivity contribution in [1.82, 2.24) is 15.0 Å². The molecular formula is C10H10N4O. The van der Waals surface area contributed by atoms with Crippen molar-refractivity contribution < 1.29 is 5.11 Å². The van der Waals surface area contributed by atoms with Gasteiger partial charge < -0.3 is 10.8 Å². The molecule has 15 heavy (non-hydrogen) atoms. The highest BCUT2D eigenvalue weighted by Crippen LogP contribution is 2.20. The van der Waals surface area contributed by atoms with E-state index in [-0.39, 0.29) is 5.75 Å². The lowest BCUT2D eigenvalue weighted by Crippen LogP contribution is -1.94. The number of nitrogen functional groups attached to an aromatic ring is 1. The highest BCUT2D eigenvalue weighted by atomic mass is 16.3. The summed E-state index contributed by atoms with van der Waals surface area (Å²) >= 11 is 0. The van der Waals surface area contributed by atoms with E-state index in [1.54, 1.807) is 25.1 Å². The maximum atomic E-state index is 9.33. The van der Waals surface area contributed by atoms with E-state index in [1.165, 1.54) is 6.33 Å². The minimum atomic E-state index is 0.167. The molecule has 0 radical (unpaired) electrons. The molecule has 3 N–H and O–H groups in total. The monoisotopic (exact) mass is 202 g/mol. The first-order valence-corrected chi connectivity index (χ1v) is 4.41. The van der Waals surface area contributed by atoms with E-state index in [1.807, 2.05) is 0 Å². The molecule has 2 heterocycles. The Balaban J connectivity index is 2.50. The van der Waals surface area contributed by atoms with Crippen LogP contribution in [-0.4, -0.2) is 20.1 Å². The maximum absolute atomic E-state index is 9.33. The number of aromatic hydroxyl groups is 1. The van der Waals surface area contributed by atoms with Crippen molar-refractivity contribution in [3.63, 3.8) is 0 Å². The van der Waals surface area contributed by atoms with Crippen LogP contribution in [0.1, 0.15) is 5.69 Å². The molecule has 2 aromatic rings. The molecule has 76 valence electrons. The summed E-state index contributed by atoms with van der Waals surface area (Å²) in [5, 5.41) is 9.33. The summed E-state index contributed by atoms with van der Waals surface area (Å²) in [5.74, 6) is 0.563. The van der Waals surface area contributed by atoms with Crippen LogP contribution in [0.3, 0.4) is 0 Å². The smallest absolute Gasteiger partial charge is 0.136 e. The van der Waals surface area contributed by atoms with Crippen LogP contribution in [0.5, 0.6) is 5.75 Å². The van der Waals surface area contributed by atoms with Crippen molar-refractivity contribution in [3.8, 4) is 17.1 Å². The lowest BCUT2D eigenvalue weighted by molar-refractivity contribution is 0.468. The van der Waals surface area contributed by atoms with Gasteiger partial charge >= 0.3 is 0 Å². The summed E-state index contributed by atoms with van der Waals surface area (Å²) in [6.07, 6.45) is 1.38. The molecule has 0 aliphatic rings. The number of aromatic nitrogens is 3. The quantitative estimate of drug-likeness (QED) is 0.724. The molecule has 0 aliphatic heterocycles. The van der Waals surface area contributed by atoms with Gasteiger partial charge in [0.25, 0.3) is 0 Å². The molecule has 2 rings (SSSR count). The molecule has 0 saturated carbocycles. The van der Waals surface area contributed by atoms with Gasteiger partial charge in [-0.1, -0.05) is 0 Å². The minimum absolute atomic E-state index is 0.167. The molecule has 5 heteroatoms. The van der Waals surface area contributed by atoms with Gasteiger partial charge in [-0.25, -0.2) is 15.0 Å². The van der Waals surface area contributed by atoms with Gasteiger partial charge in [-0.3, -0.25) is 0 Å². The van der Waals surface area contributed by atoms with Crippen LogP contribution in [0.2, 0.25) is 0 Å². The minimum Gasteiger partial charge on any atom is -0.506 e. The number of rotatable bonds is 1. The largest absolute Gasteiger partial charge is 0.506 e. The zero-order chi connectivity index (χ0) is 10.8. The predicted molar refractivity (Wildman–Crippen MR) is 56.1 cm³/mol. The average Bonchev–Trinajstić information content (AvgIpc) is 2.22. The van der Waals surface area contributed by atoms with Crippen molar-refractivity contribution in [3.05, 3.63) is 30.2 Å². The first-order chi connectivity index (χ1) is 7.16. The van der Waals surface area contributed by atoms with Crippen LogP contribution in [-0.2, 0) is 0 Å². The second kappa shape index (κ2) is 3.53. The Morgan fingerprint density at radius 1 is 1.20 bits per heavy atom. The Hall–Kier alpha value is -2.17. The molecule has 0 atom stereocenters. The average molecular weight is 202 g/mol. The Morgan fingerprint density at radius 3 is 2.67 bits per heavy atom. The molecule has 0 unspecified atom stereocenters. The molecule has 5 nitrogen and oxygen atoms in total. The van der Waals surface area contributed by atoms with Gasteiger partial charge in [-0.15, -0.1) is 0 Å². The van der Waals surface area contributed by atoms with Gasteiger partial charge in [0.2, 0.25) is 0 Å². The van der Waals surface area contributed by atoms with Crippen LogP contribution in [0.4, 0.5) is 5.82 Å². The third-order valence-corrected chi connectivity index (χ3v) is 2.01. The second-order valence-electron chi connectivity index (χ2n) is 3.13. The Bertz CT molecular complexity index is 499. The van der Waals surface area contributed by atoms with E-state index < -0.39 is 0 Å². The highest BCUT2D eigenvalue weighted by Gasteiger charge is 2.04. The second-order valence-corrected chi connectivity index (χ2v) is 3.13. The van der Waals surface area contributed by atoms with Gasteiger partial charge in [-0.2, -0.15) is 0 Å². The summed E-state index contributed by atoms with van der Waals surface area (Å²) in [6.45, 7) is 1.73. The Kier molecular flexibility index (Phi) is 2.21. The van der Waals surface area contributed by atoms with Gasteiger partial charge in [0.05, 0.1) is 17.1 Å². The summed E-state index contributed by atoms with van der Waals surface area (Å²) in [6, 6.07) is 4.90. The van der Waals surface area contributed by atoms with E-state index in [9.17, 15) is 5.11 Å². The van der Waals surface area contributed by atoms with Crippen molar-refractivity contribution in [1.29, 1.82) is 0 Å². The van der Waals surface area contributed by atoms with E-state index in [0.717, 1.165) is 0 Å². The maximum Gasteiger partial charge on any atom is 0.136 e. The SMILES string of the molecule is Cc1nc(-c2cc(N)ncn2)ccc1O. The fourth-order valence-electron chi connectivity index (χ4n) is 1.21. The Morgan fingerprint density at radius 2 is 2.00 bits per heavy atom. The van der Waals surface area contributed by atoms with Crippen molar-refractivity contribution in [2.45, 2.75) is 6.92 Å². The van der Waals surface area contributed by atoms with E-state index in [0.29, 0.717) is 22.9 Å². The number of aryl methyl sites for hydroxylation is 1. The molecule has 0 saturated heterocycles. The first-order valence-electron chi connectivity index (χ1n) is 4.41. The zero-order valence-electron chi connectivity index (χ0n) is 8.18. The standard InChI is InChI=1S/C10H10N4O/c1-6-9(15)3-2-7(14-6)8-4-10(11)13-5-12-8/h2-5,15H,1H3,(H2,11,12,13). The summed E-state index contributed by atoms with van der Waals surface area (Å²) in [5.41, 5.74) is 7.41. The molecule has 0 amide bonds. The molecule has 0 aromatic carbocycles. The summed E-state index contributed by atoms with van der Waals surface area (Å²) in [4.78, 5) is 12.0. The predicted octanol–water partition coefficient (Wildman–Crippen LogP) is 1.13. The molecule has 0 bridgehead atoms. The highest BCUT2D eigenvalue weighted by molar-refractivity contribution is 5.58. The van der Waals surface area contributed by atoms with Crippen LogP contribution in [0, 0.1) is 6.92 Å². The number of pyridine rings is 1. The summed E-state index contributed by atoms with van der Waals surface area (Å²) in [7, 11) is 0. The summed E-state index contributed by atoms with van der Waals surface area (Å²) < 4.78 is 0. The van der Waals surface area contributed by atoms with Crippen molar-refractivity contribution in [2.75, 3.05) is 5.73 Å². The topological polar surface area (TPSA) is 84.9 Å². The van der Waals surface area contributed by atoms with E-state index in [4.69, 9.17) is 5.73 Å². The van der Waals surface area contributed by atoms with Crippen LogP contribution in [0.15, 0.2) is 24.5 Å². The molecular weight excluding hydrogens is 192 g/mol. The fraction of sp³-hybridized carbons (Fsp3) is 0.100. The van der Waals surface area contributed by atoms with E-state index in [2.05, 4.69) is 15.0 Å². The zero-order valence-corrected chi connectivity index (χ0v) is 8.18. The van der Waals surface area contributed by atoms with Gasteiger partial charge in [0.15, 0.2) is 0 Å². The van der Waals surface area contributed by atoms with Crippen molar-refractivity contribution >= 4 is 5.82 Å². The molecule has 0 aliphatic carbocycles. The van der Waals surface area contributed by atoms with Crippen molar-refractivity contribution in [2.24, 2.45) is 0 Å². The number of hydrogen-bond donors (Lipinski definition) is 2. The van der Waals surface area contributed by atoms with E-state index >= 15 is 0 Å². The lowest BCUT2D eigenvalue weighted by Gasteiger charge is -2.02. The molecule has 0 fully saturated rings. The number of nitrogens with two attached hydrogens (primary N) is 1. The normalized spacial score (nSPS) is 10.2.